The minimum Gasteiger partial charge on any atom is -0.393 e. The molecule has 15 heavy (non-hydrogen) atoms. The van der Waals surface area contributed by atoms with E-state index in [1.54, 1.807) is 37.7 Å². The molecule has 1 atom stereocenters. The molecule has 4 nitrogen and oxygen atoms in total. The average Bonchev–Trinajstić information content (AvgIpc) is 2.20. The van der Waals surface area contributed by atoms with Crippen molar-refractivity contribution in [2.75, 3.05) is 38.8 Å². The zero-order chi connectivity index (χ0) is 11.7. The van der Waals surface area contributed by atoms with Gasteiger partial charge in [-0.3, -0.25) is 4.79 Å². The van der Waals surface area contributed by atoms with Gasteiger partial charge in [-0.1, -0.05) is 0 Å². The van der Waals surface area contributed by atoms with Crippen LogP contribution in [-0.4, -0.2) is 60.8 Å². The summed E-state index contributed by atoms with van der Waals surface area (Å²) >= 11 is 1.57. The van der Waals surface area contributed by atoms with E-state index in [1.807, 2.05) is 0 Å². The lowest BCUT2D eigenvalue weighted by Crippen LogP contribution is -2.31. The Morgan fingerprint density at radius 2 is 2.27 bits per heavy atom. The molecule has 0 aromatic heterocycles. The molecule has 0 saturated heterocycles. The third kappa shape index (κ3) is 8.72. The van der Waals surface area contributed by atoms with Crippen LogP contribution < -0.4 is 0 Å². The number of hydrogen-bond acceptors (Lipinski definition) is 4. The van der Waals surface area contributed by atoms with E-state index in [2.05, 4.69) is 0 Å². The lowest BCUT2D eigenvalue weighted by molar-refractivity contribution is -0.127. The van der Waals surface area contributed by atoms with Crippen molar-refractivity contribution in [3.8, 4) is 0 Å². The van der Waals surface area contributed by atoms with Gasteiger partial charge in [0.25, 0.3) is 0 Å². The first kappa shape index (κ1) is 14.7. The first-order valence-electron chi connectivity index (χ1n) is 5.06. The highest BCUT2D eigenvalue weighted by molar-refractivity contribution is 7.99. The maximum Gasteiger partial charge on any atom is 0.232 e. The molecule has 90 valence electrons. The van der Waals surface area contributed by atoms with Crippen molar-refractivity contribution in [1.82, 2.24) is 4.90 Å². The molecule has 0 spiro atoms. The van der Waals surface area contributed by atoms with Gasteiger partial charge in [-0.05, 0) is 13.3 Å². The van der Waals surface area contributed by atoms with E-state index in [1.165, 1.54) is 0 Å². The number of thioether (sulfide) groups is 1. The van der Waals surface area contributed by atoms with Crippen molar-refractivity contribution in [2.24, 2.45) is 0 Å². The Morgan fingerprint density at radius 1 is 1.60 bits per heavy atom. The quantitative estimate of drug-likeness (QED) is 0.626. The van der Waals surface area contributed by atoms with Crippen LogP contribution in [0.15, 0.2) is 0 Å². The zero-order valence-corrected chi connectivity index (χ0v) is 10.5. The first-order chi connectivity index (χ1) is 7.07. The first-order valence-corrected chi connectivity index (χ1v) is 6.22. The van der Waals surface area contributed by atoms with Gasteiger partial charge in [-0.2, -0.15) is 0 Å². The summed E-state index contributed by atoms with van der Waals surface area (Å²) < 4.78 is 4.88. The summed E-state index contributed by atoms with van der Waals surface area (Å²) in [6.07, 6.45) is 0.284. The van der Waals surface area contributed by atoms with Crippen LogP contribution >= 0.6 is 11.8 Å². The van der Waals surface area contributed by atoms with Crippen LogP contribution in [-0.2, 0) is 9.53 Å². The van der Waals surface area contributed by atoms with Gasteiger partial charge < -0.3 is 14.7 Å². The van der Waals surface area contributed by atoms with Gasteiger partial charge in [-0.25, -0.2) is 0 Å². The Hall–Kier alpha value is -0.260. The predicted molar refractivity (Wildman–Crippen MR) is 63.1 cm³/mol. The van der Waals surface area contributed by atoms with E-state index in [0.717, 1.165) is 5.75 Å². The predicted octanol–water partition coefficient (Wildman–Crippen LogP) is 0.595. The molecule has 0 fully saturated rings. The second-order valence-electron chi connectivity index (χ2n) is 3.50. The van der Waals surface area contributed by atoms with E-state index in [-0.39, 0.29) is 12.0 Å². The van der Waals surface area contributed by atoms with Crippen molar-refractivity contribution in [3.63, 3.8) is 0 Å². The van der Waals surface area contributed by atoms with Crippen molar-refractivity contribution in [3.05, 3.63) is 0 Å². The third-order valence-corrected chi connectivity index (χ3v) is 2.87. The fourth-order valence-electron chi connectivity index (χ4n) is 0.917. The van der Waals surface area contributed by atoms with Gasteiger partial charge in [-0.15, -0.1) is 11.8 Å². The highest BCUT2D eigenvalue weighted by Gasteiger charge is 2.09. The van der Waals surface area contributed by atoms with Gasteiger partial charge in [0.15, 0.2) is 0 Å². The standard InChI is InChI=1S/C10H21NO3S/c1-9(12)4-5-11(2)10(13)8-15-7-6-14-3/h9,12H,4-8H2,1-3H3. The number of rotatable bonds is 8. The van der Waals surface area contributed by atoms with Crippen LogP contribution in [0.2, 0.25) is 0 Å². The number of aliphatic hydroxyl groups is 1. The van der Waals surface area contributed by atoms with Crippen LogP contribution in [0.5, 0.6) is 0 Å². The summed E-state index contributed by atoms with van der Waals surface area (Å²) in [5, 5.41) is 9.07. The van der Waals surface area contributed by atoms with Gasteiger partial charge in [0, 0.05) is 26.5 Å². The van der Waals surface area contributed by atoms with Crippen molar-refractivity contribution < 1.29 is 14.6 Å². The summed E-state index contributed by atoms with van der Waals surface area (Å²) in [5.41, 5.74) is 0. The number of aliphatic hydroxyl groups excluding tert-OH is 1. The second-order valence-corrected chi connectivity index (χ2v) is 4.60. The Balaban J connectivity index is 3.51. The normalized spacial score (nSPS) is 12.5. The van der Waals surface area contributed by atoms with Gasteiger partial charge in [0.1, 0.15) is 0 Å². The summed E-state index contributed by atoms with van der Waals surface area (Å²) in [7, 11) is 3.42. The molecular formula is C10H21NO3S. The number of methoxy groups -OCH3 is 1. The average molecular weight is 235 g/mol. The molecule has 1 N–H and O–H groups in total. The second kappa shape index (κ2) is 9.00. The summed E-state index contributed by atoms with van der Waals surface area (Å²) in [4.78, 5) is 13.2. The Labute approximate surface area is 96.0 Å². The van der Waals surface area contributed by atoms with Crippen molar-refractivity contribution in [2.45, 2.75) is 19.4 Å². The minimum absolute atomic E-state index is 0.108. The number of hydrogen-bond donors (Lipinski definition) is 1. The van der Waals surface area contributed by atoms with Crippen LogP contribution in [0.1, 0.15) is 13.3 Å². The molecule has 5 heteroatoms. The highest BCUT2D eigenvalue weighted by atomic mass is 32.2. The van der Waals surface area contributed by atoms with Crippen LogP contribution in [0, 0.1) is 0 Å². The molecule has 0 heterocycles. The summed E-state index contributed by atoms with van der Waals surface area (Å²) in [6.45, 7) is 3.02. The van der Waals surface area contributed by atoms with Gasteiger partial charge in [0.05, 0.1) is 18.5 Å². The van der Waals surface area contributed by atoms with E-state index < -0.39 is 0 Å². The van der Waals surface area contributed by atoms with Crippen LogP contribution in [0.3, 0.4) is 0 Å². The maximum atomic E-state index is 11.5. The maximum absolute atomic E-state index is 11.5. The van der Waals surface area contributed by atoms with Crippen molar-refractivity contribution >= 4 is 17.7 Å². The number of carbonyl (C=O) groups is 1. The molecule has 0 radical (unpaired) electrons. The van der Waals surface area contributed by atoms with Gasteiger partial charge >= 0.3 is 0 Å². The molecule has 0 aliphatic rings. The summed E-state index contributed by atoms with van der Waals surface area (Å²) in [5.74, 6) is 1.43. The molecule has 0 aliphatic heterocycles. The highest BCUT2D eigenvalue weighted by Crippen LogP contribution is 2.02. The van der Waals surface area contributed by atoms with E-state index in [4.69, 9.17) is 9.84 Å². The Kier molecular flexibility index (Phi) is 8.85. The molecule has 0 aliphatic carbocycles. The molecular weight excluding hydrogens is 214 g/mol. The smallest absolute Gasteiger partial charge is 0.232 e. The lowest BCUT2D eigenvalue weighted by Gasteiger charge is -2.17. The Bertz CT molecular complexity index is 176. The fraction of sp³-hybridized carbons (Fsp3) is 0.900. The van der Waals surface area contributed by atoms with Gasteiger partial charge in [0.2, 0.25) is 5.91 Å². The SMILES string of the molecule is COCCSCC(=O)N(C)CCC(C)O. The van der Waals surface area contributed by atoms with Crippen LogP contribution in [0.4, 0.5) is 0 Å². The van der Waals surface area contributed by atoms with E-state index in [0.29, 0.717) is 25.3 Å². The third-order valence-electron chi connectivity index (χ3n) is 1.97. The summed E-state index contributed by atoms with van der Waals surface area (Å²) in [6, 6.07) is 0. The topological polar surface area (TPSA) is 49.8 Å². The molecule has 1 amide bonds. The minimum atomic E-state index is -0.346. The van der Waals surface area contributed by atoms with E-state index in [9.17, 15) is 4.79 Å². The number of carbonyl (C=O) groups excluding carboxylic acids is 1. The number of amides is 1. The molecule has 0 aromatic rings. The van der Waals surface area contributed by atoms with E-state index >= 15 is 0 Å². The monoisotopic (exact) mass is 235 g/mol. The number of nitrogens with zero attached hydrogens (tertiary/aromatic N) is 1. The fourth-order valence-corrected chi connectivity index (χ4v) is 1.74. The Morgan fingerprint density at radius 3 is 2.80 bits per heavy atom. The molecule has 0 bridgehead atoms. The molecule has 0 saturated carbocycles. The molecule has 0 aromatic carbocycles. The molecule has 1 unspecified atom stereocenters. The van der Waals surface area contributed by atoms with Crippen molar-refractivity contribution in [1.29, 1.82) is 0 Å². The zero-order valence-electron chi connectivity index (χ0n) is 9.73. The lowest BCUT2D eigenvalue weighted by atomic mass is 10.3. The largest absolute Gasteiger partial charge is 0.393 e. The number of ether oxygens (including phenoxy) is 1. The molecule has 0 rings (SSSR count). The van der Waals surface area contributed by atoms with Crippen LogP contribution in [0.25, 0.3) is 0 Å².